The number of nitrogens with one attached hydrogen (secondary N) is 1. The van der Waals surface area contributed by atoms with E-state index in [4.69, 9.17) is 11.6 Å². The molecule has 2 aromatic carbocycles. The Morgan fingerprint density at radius 3 is 2.68 bits per heavy atom. The fraction of sp³-hybridized carbons (Fsp3) is 0.182. The number of carbonyl (C=O) groups excluding carboxylic acids is 2. The van der Waals surface area contributed by atoms with Gasteiger partial charge >= 0.3 is 0 Å². The Bertz CT molecular complexity index is 1300. The minimum atomic E-state index is -0.308. The lowest BCUT2D eigenvalue weighted by atomic mass is 10.1. The molecule has 0 spiro atoms. The summed E-state index contributed by atoms with van der Waals surface area (Å²) in [7, 11) is 0. The van der Waals surface area contributed by atoms with Gasteiger partial charge in [-0.2, -0.15) is 0 Å². The molecule has 9 heteroatoms. The Hall–Kier alpha value is -2.81. The average molecular weight is 469 g/mol. The van der Waals surface area contributed by atoms with E-state index in [1.54, 1.807) is 4.90 Å². The van der Waals surface area contributed by atoms with Crippen molar-refractivity contribution in [2.24, 2.45) is 0 Å². The van der Waals surface area contributed by atoms with Crippen LogP contribution < -0.4 is 10.2 Å². The van der Waals surface area contributed by atoms with E-state index in [9.17, 15) is 9.59 Å². The van der Waals surface area contributed by atoms with E-state index in [2.05, 4.69) is 15.5 Å². The molecule has 1 atom stereocenters. The molecule has 1 aliphatic heterocycles. The second-order valence-electron chi connectivity index (χ2n) is 7.38. The maximum atomic E-state index is 12.7. The Morgan fingerprint density at radius 1 is 1.13 bits per heavy atom. The van der Waals surface area contributed by atoms with Crippen LogP contribution in [0.2, 0.25) is 5.02 Å². The Balaban J connectivity index is 1.31. The monoisotopic (exact) mass is 468 g/mol. The molecule has 156 valence electrons. The summed E-state index contributed by atoms with van der Waals surface area (Å²) in [4.78, 5) is 27.5. The number of aromatic nitrogens is 2. The smallest absolute Gasteiger partial charge is 0.269 e. The molecule has 2 amide bonds. The zero-order chi connectivity index (χ0) is 21.5. The summed E-state index contributed by atoms with van der Waals surface area (Å²) in [6.07, 6.45) is 0.374. The van der Waals surface area contributed by atoms with Crippen LogP contribution in [0.4, 0.5) is 10.8 Å². The first kappa shape index (κ1) is 20.1. The largest absolute Gasteiger partial charge is 0.312 e. The molecule has 1 saturated heterocycles. The first-order chi connectivity index (χ1) is 15.0. The highest BCUT2D eigenvalue weighted by molar-refractivity contribution is 7.22. The second-order valence-corrected chi connectivity index (χ2v) is 9.82. The van der Waals surface area contributed by atoms with Crippen molar-refractivity contribution >= 4 is 67.0 Å². The van der Waals surface area contributed by atoms with Gasteiger partial charge in [-0.1, -0.05) is 58.8 Å². The number of halogens is 1. The number of hydrogen-bond donors (Lipinski definition) is 1. The van der Waals surface area contributed by atoms with Crippen molar-refractivity contribution in [3.8, 4) is 0 Å². The van der Waals surface area contributed by atoms with Gasteiger partial charge in [0.25, 0.3) is 5.91 Å². The van der Waals surface area contributed by atoms with Gasteiger partial charge in [-0.3, -0.25) is 14.9 Å². The van der Waals surface area contributed by atoms with E-state index in [-0.39, 0.29) is 17.7 Å². The van der Waals surface area contributed by atoms with Crippen LogP contribution in [0.25, 0.3) is 10.1 Å². The summed E-state index contributed by atoms with van der Waals surface area (Å²) in [5.41, 5.74) is 2.03. The summed E-state index contributed by atoms with van der Waals surface area (Å²) in [5.74, 6) is -0.297. The van der Waals surface area contributed by atoms with Gasteiger partial charge in [-0.25, -0.2) is 0 Å². The molecule has 1 unspecified atom stereocenters. The van der Waals surface area contributed by atoms with Gasteiger partial charge in [0.1, 0.15) is 9.88 Å². The number of benzene rings is 2. The molecular formula is C22H17ClN4O2S2. The van der Waals surface area contributed by atoms with Crippen LogP contribution in [0.15, 0.2) is 48.5 Å². The van der Waals surface area contributed by atoms with Gasteiger partial charge in [-0.05, 0) is 25.1 Å². The highest BCUT2D eigenvalue weighted by atomic mass is 35.5. The highest BCUT2D eigenvalue weighted by Gasteiger charge is 2.34. The van der Waals surface area contributed by atoms with Crippen molar-refractivity contribution in [1.29, 1.82) is 0 Å². The average Bonchev–Trinajstić information content (AvgIpc) is 3.47. The molecule has 0 bridgehead atoms. The standard InChI is InChI=1S/C22H17ClN4O2S2/c1-12-6-8-14(9-7-12)27-11-13(10-17(27)28)21-25-26-22(31-21)24-20(29)19-18(23)15-4-2-3-5-16(15)30-19/h2-9,13H,10-11H2,1H3,(H,24,26,29). The third-order valence-electron chi connectivity index (χ3n) is 5.22. The Morgan fingerprint density at radius 2 is 1.90 bits per heavy atom. The quantitative estimate of drug-likeness (QED) is 0.430. The molecule has 0 radical (unpaired) electrons. The van der Waals surface area contributed by atoms with E-state index in [1.165, 1.54) is 22.7 Å². The van der Waals surface area contributed by atoms with Crippen molar-refractivity contribution in [3.05, 3.63) is 69.0 Å². The van der Waals surface area contributed by atoms with Gasteiger partial charge in [0.2, 0.25) is 11.0 Å². The lowest BCUT2D eigenvalue weighted by molar-refractivity contribution is -0.117. The normalized spacial score (nSPS) is 16.3. The van der Waals surface area contributed by atoms with Crippen LogP contribution in [0, 0.1) is 6.92 Å². The van der Waals surface area contributed by atoms with Crippen molar-refractivity contribution in [2.75, 3.05) is 16.8 Å². The van der Waals surface area contributed by atoms with Crippen LogP contribution >= 0.6 is 34.3 Å². The molecule has 1 N–H and O–H groups in total. The second kappa shape index (κ2) is 8.03. The van der Waals surface area contributed by atoms with E-state index in [0.29, 0.717) is 28.0 Å². The number of hydrogen-bond acceptors (Lipinski definition) is 6. The predicted octanol–water partition coefficient (Wildman–Crippen LogP) is 5.49. The minimum absolute atomic E-state index is 0.0510. The summed E-state index contributed by atoms with van der Waals surface area (Å²) in [6.45, 7) is 2.56. The topological polar surface area (TPSA) is 75.2 Å². The van der Waals surface area contributed by atoms with E-state index in [0.717, 1.165) is 26.3 Å². The molecule has 0 aliphatic carbocycles. The van der Waals surface area contributed by atoms with Crippen molar-refractivity contribution in [3.63, 3.8) is 0 Å². The maximum absolute atomic E-state index is 12.7. The molecule has 6 nitrogen and oxygen atoms in total. The number of fused-ring (bicyclic) bond motifs is 1. The van der Waals surface area contributed by atoms with Crippen molar-refractivity contribution < 1.29 is 9.59 Å². The Labute approximate surface area is 191 Å². The fourth-order valence-corrected chi connectivity index (χ4v) is 5.85. The number of nitrogens with zero attached hydrogens (tertiary/aromatic N) is 3. The van der Waals surface area contributed by atoms with Crippen LogP contribution in [0.1, 0.15) is 32.6 Å². The predicted molar refractivity (Wildman–Crippen MR) is 126 cm³/mol. The van der Waals surface area contributed by atoms with Gasteiger partial charge < -0.3 is 4.90 Å². The molecule has 0 saturated carbocycles. The van der Waals surface area contributed by atoms with Crippen molar-refractivity contribution in [1.82, 2.24) is 10.2 Å². The maximum Gasteiger partial charge on any atom is 0.269 e. The number of rotatable bonds is 4. The van der Waals surface area contributed by atoms with Crippen LogP contribution in [-0.4, -0.2) is 28.6 Å². The number of anilines is 2. The minimum Gasteiger partial charge on any atom is -0.312 e. The van der Waals surface area contributed by atoms with E-state index < -0.39 is 0 Å². The molecular weight excluding hydrogens is 452 g/mol. The first-order valence-corrected chi connectivity index (χ1v) is 11.7. The number of aryl methyl sites for hydroxylation is 1. The van der Waals surface area contributed by atoms with Gasteiger partial charge in [0.15, 0.2) is 0 Å². The molecule has 1 fully saturated rings. The third kappa shape index (κ3) is 3.82. The fourth-order valence-electron chi connectivity index (χ4n) is 3.61. The highest BCUT2D eigenvalue weighted by Crippen LogP contribution is 2.37. The molecule has 1 aliphatic rings. The number of thiophene rings is 1. The van der Waals surface area contributed by atoms with Crippen LogP contribution in [0.5, 0.6) is 0 Å². The van der Waals surface area contributed by atoms with Crippen molar-refractivity contribution in [2.45, 2.75) is 19.3 Å². The van der Waals surface area contributed by atoms with E-state index >= 15 is 0 Å². The number of amides is 2. The van der Waals surface area contributed by atoms with Gasteiger partial charge in [-0.15, -0.1) is 21.5 Å². The van der Waals surface area contributed by atoms with Gasteiger partial charge in [0, 0.05) is 34.7 Å². The lowest BCUT2D eigenvalue weighted by Crippen LogP contribution is -2.24. The zero-order valence-electron chi connectivity index (χ0n) is 16.5. The first-order valence-electron chi connectivity index (χ1n) is 9.68. The lowest BCUT2D eigenvalue weighted by Gasteiger charge is -2.16. The van der Waals surface area contributed by atoms with Crippen LogP contribution in [0.3, 0.4) is 0 Å². The molecule has 3 heterocycles. The number of carbonyl (C=O) groups is 2. The molecule has 5 rings (SSSR count). The Kier molecular flexibility index (Phi) is 5.21. The zero-order valence-corrected chi connectivity index (χ0v) is 18.9. The molecule has 4 aromatic rings. The van der Waals surface area contributed by atoms with E-state index in [1.807, 2.05) is 55.5 Å². The summed E-state index contributed by atoms with van der Waals surface area (Å²) in [5, 5.41) is 13.6. The molecule has 31 heavy (non-hydrogen) atoms. The molecule has 2 aromatic heterocycles. The summed E-state index contributed by atoms with van der Waals surface area (Å²) >= 11 is 9.04. The van der Waals surface area contributed by atoms with Gasteiger partial charge in [0.05, 0.1) is 5.02 Å². The summed E-state index contributed by atoms with van der Waals surface area (Å²) in [6, 6.07) is 15.5. The SMILES string of the molecule is Cc1ccc(N2CC(c3nnc(NC(=O)c4sc5ccccc5c4Cl)s3)CC2=O)cc1. The summed E-state index contributed by atoms with van der Waals surface area (Å²) < 4.78 is 0.955. The van der Waals surface area contributed by atoms with Crippen LogP contribution in [-0.2, 0) is 4.79 Å². The third-order valence-corrected chi connectivity index (χ3v) is 7.90.